The second-order valence-corrected chi connectivity index (χ2v) is 6.17. The fourth-order valence-electron chi connectivity index (χ4n) is 2.71. The van der Waals surface area contributed by atoms with E-state index in [1.54, 1.807) is 18.2 Å². The Bertz CT molecular complexity index is 742. The van der Waals surface area contributed by atoms with Gasteiger partial charge in [-0.1, -0.05) is 0 Å². The Kier molecular flexibility index (Phi) is 5.23. The summed E-state index contributed by atoms with van der Waals surface area (Å²) in [6.07, 6.45) is 2.13. The molecular weight excluding hydrogens is 322 g/mol. The molecule has 0 unspecified atom stereocenters. The predicted molar refractivity (Wildman–Crippen MR) is 92.3 cm³/mol. The van der Waals surface area contributed by atoms with E-state index in [1.165, 1.54) is 0 Å². The third-order valence-corrected chi connectivity index (χ3v) is 4.10. The normalized spacial score (nSPS) is 12.6. The molecule has 0 spiro atoms. The van der Waals surface area contributed by atoms with Crippen molar-refractivity contribution < 1.29 is 19.0 Å². The third-order valence-electron chi connectivity index (χ3n) is 4.10. The molecule has 1 amide bonds. The highest BCUT2D eigenvalue weighted by atomic mass is 16.7. The maximum Gasteiger partial charge on any atom is 0.231 e. The lowest BCUT2D eigenvalue weighted by Gasteiger charge is -2.25. The Morgan fingerprint density at radius 2 is 2.16 bits per heavy atom. The fourth-order valence-corrected chi connectivity index (χ4v) is 2.71. The maximum atomic E-state index is 12.3. The zero-order valence-electron chi connectivity index (χ0n) is 14.7. The average Bonchev–Trinajstić information content (AvgIpc) is 3.25. The van der Waals surface area contributed by atoms with Crippen molar-refractivity contribution in [2.24, 2.45) is 0 Å². The number of carbonyl (C=O) groups excluding carboxylic acids is 1. The molecule has 0 saturated carbocycles. The molecule has 0 atom stereocenters. The summed E-state index contributed by atoms with van der Waals surface area (Å²) in [4.78, 5) is 21.8. The fraction of sp³-hybridized carbons (Fsp3) is 0.444. The van der Waals surface area contributed by atoms with Gasteiger partial charge in [0.1, 0.15) is 5.82 Å². The van der Waals surface area contributed by atoms with Gasteiger partial charge in [-0.2, -0.15) is 0 Å². The first-order valence-corrected chi connectivity index (χ1v) is 8.31. The number of H-pyrrole nitrogens is 1. The van der Waals surface area contributed by atoms with E-state index in [2.05, 4.69) is 9.97 Å². The van der Waals surface area contributed by atoms with Gasteiger partial charge in [-0.15, -0.1) is 0 Å². The van der Waals surface area contributed by atoms with Crippen molar-refractivity contribution in [1.82, 2.24) is 14.9 Å². The van der Waals surface area contributed by atoms with Gasteiger partial charge in [0.25, 0.3) is 0 Å². The van der Waals surface area contributed by atoms with E-state index in [4.69, 9.17) is 14.2 Å². The van der Waals surface area contributed by atoms with Crippen LogP contribution in [0, 0.1) is 0 Å². The molecule has 0 bridgehead atoms. The first-order valence-electron chi connectivity index (χ1n) is 8.31. The minimum atomic E-state index is 0.0536. The van der Waals surface area contributed by atoms with Crippen LogP contribution in [0.5, 0.6) is 11.5 Å². The van der Waals surface area contributed by atoms with Crippen molar-refractivity contribution in [3.05, 3.63) is 30.2 Å². The number of nitrogens with zero attached hydrogens (tertiary/aromatic N) is 2. The first kappa shape index (κ1) is 17.3. The molecule has 1 aliphatic heterocycles. The van der Waals surface area contributed by atoms with Crippen molar-refractivity contribution in [3.8, 4) is 22.8 Å². The summed E-state index contributed by atoms with van der Waals surface area (Å²) in [6.45, 7) is 5.09. The van der Waals surface area contributed by atoms with Gasteiger partial charge in [0.2, 0.25) is 12.7 Å². The van der Waals surface area contributed by atoms with Crippen LogP contribution in [0.25, 0.3) is 11.3 Å². The summed E-state index contributed by atoms with van der Waals surface area (Å²) >= 11 is 0. The minimum absolute atomic E-state index is 0.0536. The van der Waals surface area contributed by atoms with Crippen molar-refractivity contribution in [2.45, 2.75) is 32.9 Å². The summed E-state index contributed by atoms with van der Waals surface area (Å²) in [7, 11) is 1.59. The molecule has 3 rings (SSSR count). The van der Waals surface area contributed by atoms with Crippen molar-refractivity contribution in [3.63, 3.8) is 0 Å². The van der Waals surface area contributed by atoms with Gasteiger partial charge < -0.3 is 24.1 Å². The molecule has 0 fully saturated rings. The van der Waals surface area contributed by atoms with Crippen LogP contribution in [0.4, 0.5) is 0 Å². The van der Waals surface area contributed by atoms with E-state index >= 15 is 0 Å². The van der Waals surface area contributed by atoms with Crippen molar-refractivity contribution in [1.29, 1.82) is 0 Å². The van der Waals surface area contributed by atoms with Gasteiger partial charge >= 0.3 is 0 Å². The summed E-state index contributed by atoms with van der Waals surface area (Å²) < 4.78 is 15.7. The molecule has 1 N–H and O–H groups in total. The van der Waals surface area contributed by atoms with Crippen molar-refractivity contribution >= 4 is 5.91 Å². The monoisotopic (exact) mass is 345 g/mol. The van der Waals surface area contributed by atoms with Crippen LogP contribution in [0.2, 0.25) is 0 Å². The number of aromatic amines is 1. The Balaban J connectivity index is 1.73. The minimum Gasteiger partial charge on any atom is -0.454 e. The largest absolute Gasteiger partial charge is 0.454 e. The number of methoxy groups -OCH3 is 1. The predicted octanol–water partition coefficient (Wildman–Crippen LogP) is 2.58. The number of imidazole rings is 1. The molecule has 0 aliphatic carbocycles. The molecule has 2 heterocycles. The smallest absolute Gasteiger partial charge is 0.231 e. The topological polar surface area (TPSA) is 76.7 Å². The van der Waals surface area contributed by atoms with Crippen LogP contribution >= 0.6 is 0 Å². The highest BCUT2D eigenvalue weighted by Gasteiger charge is 2.19. The first-order chi connectivity index (χ1) is 12.1. The highest BCUT2D eigenvalue weighted by molar-refractivity contribution is 5.76. The molecule has 2 aromatic rings. The Morgan fingerprint density at radius 3 is 2.92 bits per heavy atom. The quantitative estimate of drug-likeness (QED) is 0.835. The lowest BCUT2D eigenvalue weighted by atomic mass is 10.1. The molecule has 0 saturated heterocycles. The SMILES string of the molecule is COCCC(=O)N(Cc1ncc(-c2ccc3c(c2)OCO3)[nH]1)C(C)C. The Morgan fingerprint density at radius 1 is 1.36 bits per heavy atom. The molecular formula is C18H23N3O4. The summed E-state index contributed by atoms with van der Waals surface area (Å²) in [5, 5.41) is 0. The van der Waals surface area contributed by atoms with E-state index in [-0.39, 0.29) is 18.7 Å². The number of nitrogens with one attached hydrogen (secondary N) is 1. The number of rotatable bonds is 7. The molecule has 7 heteroatoms. The highest BCUT2D eigenvalue weighted by Crippen LogP contribution is 2.35. The number of hydrogen-bond acceptors (Lipinski definition) is 5. The zero-order chi connectivity index (χ0) is 17.8. The van der Waals surface area contributed by atoms with E-state index in [9.17, 15) is 4.79 Å². The van der Waals surface area contributed by atoms with Crippen LogP contribution in [0.1, 0.15) is 26.1 Å². The van der Waals surface area contributed by atoms with E-state index < -0.39 is 0 Å². The number of fused-ring (bicyclic) bond motifs is 1. The molecule has 0 radical (unpaired) electrons. The van der Waals surface area contributed by atoms with E-state index in [0.29, 0.717) is 19.6 Å². The second kappa shape index (κ2) is 7.57. The maximum absolute atomic E-state index is 12.3. The van der Waals surface area contributed by atoms with Gasteiger partial charge in [-0.3, -0.25) is 4.79 Å². The number of amides is 1. The molecule has 1 aromatic carbocycles. The second-order valence-electron chi connectivity index (χ2n) is 6.17. The lowest BCUT2D eigenvalue weighted by Crippen LogP contribution is -2.37. The number of aromatic nitrogens is 2. The van der Waals surface area contributed by atoms with Crippen LogP contribution in [0.3, 0.4) is 0 Å². The number of benzene rings is 1. The van der Waals surface area contributed by atoms with Crippen molar-refractivity contribution in [2.75, 3.05) is 20.5 Å². The number of carbonyl (C=O) groups is 1. The lowest BCUT2D eigenvalue weighted by molar-refractivity contribution is -0.134. The van der Waals surface area contributed by atoms with E-state index in [0.717, 1.165) is 28.6 Å². The summed E-state index contributed by atoms with van der Waals surface area (Å²) in [5.74, 6) is 2.27. The van der Waals surface area contributed by atoms with Crippen LogP contribution in [-0.4, -0.2) is 47.3 Å². The molecule has 7 nitrogen and oxygen atoms in total. The van der Waals surface area contributed by atoms with Gasteiger partial charge in [-0.25, -0.2) is 4.98 Å². The zero-order valence-corrected chi connectivity index (χ0v) is 14.7. The number of hydrogen-bond donors (Lipinski definition) is 1. The number of ether oxygens (including phenoxy) is 3. The van der Waals surface area contributed by atoms with E-state index in [1.807, 2.05) is 32.0 Å². The molecule has 1 aromatic heterocycles. The Labute approximate surface area is 146 Å². The van der Waals surface area contributed by atoms with Gasteiger partial charge in [0, 0.05) is 18.7 Å². The standard InChI is InChI=1S/C18H23N3O4/c1-12(2)21(18(22)6-7-23-3)10-17-19-9-14(20-17)13-4-5-15-16(8-13)25-11-24-15/h4-5,8-9,12H,6-7,10-11H2,1-3H3,(H,19,20). The van der Waals surface area contributed by atoms with Crippen LogP contribution in [0.15, 0.2) is 24.4 Å². The van der Waals surface area contributed by atoms with Gasteiger partial charge in [-0.05, 0) is 32.0 Å². The summed E-state index contributed by atoms with van der Waals surface area (Å²) in [5.41, 5.74) is 1.84. The summed E-state index contributed by atoms with van der Waals surface area (Å²) in [6, 6.07) is 5.84. The van der Waals surface area contributed by atoms with Crippen LogP contribution in [-0.2, 0) is 16.1 Å². The third kappa shape index (κ3) is 3.93. The Hall–Kier alpha value is -2.54. The van der Waals surface area contributed by atoms with Gasteiger partial charge in [0.05, 0.1) is 31.5 Å². The molecule has 25 heavy (non-hydrogen) atoms. The van der Waals surface area contributed by atoms with Crippen LogP contribution < -0.4 is 9.47 Å². The van der Waals surface area contributed by atoms with Gasteiger partial charge in [0.15, 0.2) is 11.5 Å². The molecule has 1 aliphatic rings. The molecule has 134 valence electrons. The average molecular weight is 345 g/mol.